The van der Waals surface area contributed by atoms with Crippen molar-refractivity contribution in [2.75, 3.05) is 57.6 Å². The van der Waals surface area contributed by atoms with Gasteiger partial charge in [-0.25, -0.2) is 9.36 Å². The lowest BCUT2D eigenvalue weighted by atomic mass is 9.79. The van der Waals surface area contributed by atoms with Crippen molar-refractivity contribution in [3.63, 3.8) is 0 Å². The molecule has 86 heavy (non-hydrogen) atoms. The molecule has 6 aromatic rings. The lowest BCUT2D eigenvalue weighted by molar-refractivity contribution is -0.145. The van der Waals surface area contributed by atoms with Crippen molar-refractivity contribution in [2.24, 2.45) is 0 Å². The fourth-order valence-electron chi connectivity index (χ4n) is 10.7. The Morgan fingerprint density at radius 3 is 1.58 bits per heavy atom. The fourth-order valence-corrected chi connectivity index (χ4v) is 10.7. The molecule has 8 rings (SSSR count). The SMILES string of the molecule is CCCCCCC(=O)OCCn1nnc2c1-c1ccccc1CC(C(=O)CCC(=O)NCCOCCC)c1ccccc1-2.CCCCCCC(=O)OCCn1nnc2c1-c1ccccc1N(C(=O)CCC(=O)NCCOCCC)Cc1ccccc1-2. The van der Waals surface area contributed by atoms with Gasteiger partial charge in [-0.3, -0.25) is 28.8 Å². The van der Waals surface area contributed by atoms with Gasteiger partial charge in [0.25, 0.3) is 0 Å². The number of hydrogen-bond acceptors (Lipinski definition) is 14. The normalized spacial score (nSPS) is 12.8. The molecule has 0 spiro atoms. The van der Waals surface area contributed by atoms with Crippen LogP contribution in [0.25, 0.3) is 45.0 Å². The highest BCUT2D eigenvalue weighted by atomic mass is 16.5. The standard InChI is InChI=1S/C34H44N4O5.C33H43N5O5/c1-3-5-6-7-16-32(41)43-23-20-38-34-26-13-9-8-12-25(26)24-29(27-14-10-11-15-28(27)33(34)36-37-38)30(39)17-18-31(40)35-19-22-42-21-4-2;1-3-5-6-7-16-31(41)43-23-20-38-33-27-14-10-11-15-28(27)37(24-25-12-8-9-13-26(25)32(33)35-36-38)30(40)18-17-29(39)34-19-22-42-21-4-2/h8-15,29H,3-7,16-24H2,1-2H3,(H,35,40);8-15H,3-7,16-24H2,1-2H3,(H,34,39). The number of amides is 3. The number of rotatable bonds is 33. The summed E-state index contributed by atoms with van der Waals surface area (Å²) in [4.78, 5) is 78.5. The molecule has 2 aromatic heterocycles. The van der Waals surface area contributed by atoms with Crippen LogP contribution in [0.15, 0.2) is 97.1 Å². The first-order valence-electron chi connectivity index (χ1n) is 31.1. The van der Waals surface area contributed by atoms with Gasteiger partial charge in [-0.2, -0.15) is 0 Å². The van der Waals surface area contributed by atoms with E-state index in [-0.39, 0.29) is 74.3 Å². The predicted octanol–water partition coefficient (Wildman–Crippen LogP) is 11.0. The molecule has 0 saturated carbocycles. The van der Waals surface area contributed by atoms with E-state index in [0.29, 0.717) is 95.5 Å². The molecule has 4 aromatic carbocycles. The number of ketones is 1. The Morgan fingerprint density at radius 2 is 0.988 bits per heavy atom. The predicted molar refractivity (Wildman–Crippen MR) is 331 cm³/mol. The maximum atomic E-state index is 13.7. The summed E-state index contributed by atoms with van der Waals surface area (Å²) in [5.41, 5.74) is 10.0. The Hall–Kier alpha value is -7.90. The number of ether oxygens (including phenoxy) is 4. The van der Waals surface area contributed by atoms with Crippen molar-refractivity contribution in [1.82, 2.24) is 40.6 Å². The number of nitrogens with zero attached hydrogens (tertiary/aromatic N) is 7. The summed E-state index contributed by atoms with van der Waals surface area (Å²) >= 11 is 0. The largest absolute Gasteiger partial charge is 0.464 e. The average molecular weight is 1180 g/mol. The number of hydrogen-bond donors (Lipinski definition) is 2. The fraction of sp³-hybridized carbons (Fsp3) is 0.493. The van der Waals surface area contributed by atoms with E-state index < -0.39 is 5.92 Å². The van der Waals surface area contributed by atoms with Crippen molar-refractivity contribution in [1.29, 1.82) is 0 Å². The monoisotopic (exact) mass is 1180 g/mol. The molecule has 2 aliphatic rings. The van der Waals surface area contributed by atoms with Gasteiger partial charge in [-0.15, -0.1) is 10.2 Å². The number of fused-ring (bicyclic) bond motifs is 10. The van der Waals surface area contributed by atoms with Gasteiger partial charge in [-0.05, 0) is 54.9 Å². The smallest absolute Gasteiger partial charge is 0.305 e. The lowest BCUT2D eigenvalue weighted by Gasteiger charge is -2.28. The van der Waals surface area contributed by atoms with Crippen LogP contribution in [0.2, 0.25) is 0 Å². The Morgan fingerprint density at radius 1 is 0.488 bits per heavy atom. The van der Waals surface area contributed by atoms with E-state index in [2.05, 4.69) is 45.1 Å². The molecule has 1 aliphatic carbocycles. The zero-order valence-electron chi connectivity index (χ0n) is 50.8. The van der Waals surface area contributed by atoms with Crippen LogP contribution >= 0.6 is 0 Å². The van der Waals surface area contributed by atoms with Crippen LogP contribution in [-0.4, -0.2) is 118 Å². The Balaban J connectivity index is 0.000000246. The number of Topliss-reactive ketones (excluding diaryl/α,β-unsaturated/α-hetero) is 1. The van der Waals surface area contributed by atoms with E-state index in [9.17, 15) is 28.8 Å². The second kappa shape index (κ2) is 35.5. The summed E-state index contributed by atoms with van der Waals surface area (Å²) in [5.74, 6) is -1.30. The number of esters is 2. The highest BCUT2D eigenvalue weighted by Crippen LogP contribution is 2.43. The minimum Gasteiger partial charge on any atom is -0.464 e. The molecule has 19 nitrogen and oxygen atoms in total. The molecule has 460 valence electrons. The number of benzene rings is 4. The zero-order chi connectivity index (χ0) is 60.9. The van der Waals surface area contributed by atoms with Crippen molar-refractivity contribution < 1.29 is 47.7 Å². The van der Waals surface area contributed by atoms with Crippen molar-refractivity contribution >= 4 is 41.1 Å². The van der Waals surface area contributed by atoms with E-state index in [4.69, 9.17) is 18.9 Å². The maximum absolute atomic E-state index is 13.7. The minimum absolute atomic E-state index is 0.0151. The molecule has 0 saturated heterocycles. The Kier molecular flexibility index (Phi) is 27.1. The van der Waals surface area contributed by atoms with Crippen LogP contribution in [0.5, 0.6) is 0 Å². The van der Waals surface area contributed by atoms with Crippen LogP contribution in [0.3, 0.4) is 0 Å². The summed E-state index contributed by atoms with van der Waals surface area (Å²) in [6.07, 6.45) is 11.8. The molecule has 3 heterocycles. The average Bonchev–Trinajstić information content (AvgIpc) is 1.94. The molecule has 2 N–H and O–H groups in total. The summed E-state index contributed by atoms with van der Waals surface area (Å²) in [6, 6.07) is 31.3. The topological polar surface area (TPSA) is 228 Å². The number of carbonyl (C=O) groups is 6. The van der Waals surface area contributed by atoms with E-state index in [1.165, 1.54) is 0 Å². The highest BCUT2D eigenvalue weighted by Gasteiger charge is 2.33. The van der Waals surface area contributed by atoms with Gasteiger partial charge in [0.2, 0.25) is 17.7 Å². The first kappa shape index (κ1) is 65.6. The summed E-state index contributed by atoms with van der Waals surface area (Å²) in [6.45, 7) is 12.9. The number of para-hydroxylation sites is 1. The van der Waals surface area contributed by atoms with Gasteiger partial charge in [0.05, 0.1) is 49.9 Å². The molecule has 1 unspecified atom stereocenters. The van der Waals surface area contributed by atoms with Crippen LogP contribution in [0.4, 0.5) is 5.69 Å². The van der Waals surface area contributed by atoms with Crippen LogP contribution in [0.1, 0.15) is 153 Å². The maximum Gasteiger partial charge on any atom is 0.305 e. The number of nitrogens with one attached hydrogen (secondary N) is 2. The van der Waals surface area contributed by atoms with Gasteiger partial charge in [0, 0.05) is 93.0 Å². The molecule has 0 bridgehead atoms. The van der Waals surface area contributed by atoms with Crippen molar-refractivity contribution in [3.05, 3.63) is 114 Å². The highest BCUT2D eigenvalue weighted by molar-refractivity contribution is 6.01. The van der Waals surface area contributed by atoms with Gasteiger partial charge in [0.1, 0.15) is 30.4 Å². The van der Waals surface area contributed by atoms with Crippen LogP contribution < -0.4 is 15.5 Å². The minimum atomic E-state index is -0.426. The van der Waals surface area contributed by atoms with E-state index in [1.54, 1.807) is 14.3 Å². The number of anilines is 1. The van der Waals surface area contributed by atoms with E-state index in [1.807, 2.05) is 111 Å². The van der Waals surface area contributed by atoms with E-state index >= 15 is 0 Å². The van der Waals surface area contributed by atoms with Crippen LogP contribution in [-0.2, 0) is 73.8 Å². The first-order valence-corrected chi connectivity index (χ1v) is 31.1. The zero-order valence-corrected chi connectivity index (χ0v) is 50.8. The summed E-state index contributed by atoms with van der Waals surface area (Å²) in [7, 11) is 0. The second-order valence-electron chi connectivity index (χ2n) is 21.6. The van der Waals surface area contributed by atoms with Gasteiger partial charge < -0.3 is 34.5 Å². The third-order valence-corrected chi connectivity index (χ3v) is 15.1. The number of aromatic nitrogens is 6. The molecule has 3 amide bonds. The number of unbranched alkanes of at least 4 members (excludes halogenated alkanes) is 6. The molecule has 19 heteroatoms. The molecule has 0 fully saturated rings. The molecule has 0 radical (unpaired) electrons. The molecular weight excluding hydrogens is 1090 g/mol. The van der Waals surface area contributed by atoms with Gasteiger partial charge >= 0.3 is 11.9 Å². The van der Waals surface area contributed by atoms with Gasteiger partial charge in [-0.1, -0.05) is 168 Å². The van der Waals surface area contributed by atoms with E-state index in [0.717, 1.165) is 115 Å². The summed E-state index contributed by atoms with van der Waals surface area (Å²) in [5, 5.41) is 23.7. The second-order valence-corrected chi connectivity index (χ2v) is 21.6. The van der Waals surface area contributed by atoms with Crippen LogP contribution in [0, 0.1) is 0 Å². The molecular formula is C67H87N9O10. The molecule has 1 atom stereocenters. The van der Waals surface area contributed by atoms with Crippen molar-refractivity contribution in [3.8, 4) is 45.0 Å². The van der Waals surface area contributed by atoms with Crippen molar-refractivity contribution in [2.45, 2.75) is 162 Å². The Labute approximate surface area is 506 Å². The quantitative estimate of drug-likeness (QED) is 0.0289. The third-order valence-electron chi connectivity index (χ3n) is 15.1. The lowest BCUT2D eigenvalue weighted by Crippen LogP contribution is -2.34. The molecule has 1 aliphatic heterocycles. The van der Waals surface area contributed by atoms with Gasteiger partial charge in [0.15, 0.2) is 0 Å². The number of carbonyl (C=O) groups excluding carboxylic acids is 6. The Bertz CT molecular complexity index is 3150. The first-order chi connectivity index (χ1) is 42.1. The third kappa shape index (κ3) is 19.1. The summed E-state index contributed by atoms with van der Waals surface area (Å²) < 4.78 is 25.4.